The van der Waals surface area contributed by atoms with E-state index in [1.165, 1.54) is 22.5 Å². The number of rotatable bonds is 6. The molecule has 0 fully saturated rings. The fraction of sp³-hybridized carbons (Fsp3) is 0.400. The van der Waals surface area contributed by atoms with E-state index in [9.17, 15) is 14.7 Å². The van der Waals surface area contributed by atoms with Gasteiger partial charge >= 0.3 is 5.69 Å². The molecule has 9 nitrogen and oxygen atoms in total. The van der Waals surface area contributed by atoms with Gasteiger partial charge in [-0.2, -0.15) is 0 Å². The number of hydrogen-bond acceptors (Lipinski definition) is 6. The van der Waals surface area contributed by atoms with Crippen molar-refractivity contribution in [3.8, 4) is 0 Å². The molecule has 0 radical (unpaired) electrons. The Bertz CT molecular complexity index is 951. The zero-order valence-corrected chi connectivity index (χ0v) is 13.4. The molecular weight excluding hydrogens is 316 g/mol. The standard InChI is InChI=1S/C15H18N4O5/c1-17-13-12(14(21)18(2)15(17)22)19(9-16-13)6-10(20)7-23-8-11-4-3-5-24-11/h3-5,9-10,20H,6-8H2,1-2H3/t10-/m0/s1. The molecule has 1 N–H and O–H groups in total. The van der Waals surface area contributed by atoms with Crippen molar-refractivity contribution < 1.29 is 14.3 Å². The molecule has 0 aliphatic carbocycles. The minimum absolute atomic E-state index is 0.0758. The van der Waals surface area contributed by atoms with E-state index >= 15 is 0 Å². The van der Waals surface area contributed by atoms with Crippen molar-refractivity contribution in [2.24, 2.45) is 14.1 Å². The maximum absolute atomic E-state index is 12.3. The topological polar surface area (TPSA) is 104 Å². The Hall–Kier alpha value is -2.65. The average molecular weight is 334 g/mol. The predicted octanol–water partition coefficient (Wildman–Crippen LogP) is -0.396. The summed E-state index contributed by atoms with van der Waals surface area (Å²) in [5.41, 5.74) is -0.342. The van der Waals surface area contributed by atoms with Crippen LogP contribution in [0.25, 0.3) is 11.2 Å². The number of aromatic nitrogens is 4. The second kappa shape index (κ2) is 6.46. The molecule has 128 valence electrons. The van der Waals surface area contributed by atoms with Crippen LogP contribution >= 0.6 is 0 Å². The summed E-state index contributed by atoms with van der Waals surface area (Å²) in [6.45, 7) is 0.458. The summed E-state index contributed by atoms with van der Waals surface area (Å²) in [6, 6.07) is 3.53. The second-order valence-corrected chi connectivity index (χ2v) is 5.52. The van der Waals surface area contributed by atoms with Crippen LogP contribution in [0.3, 0.4) is 0 Å². The maximum Gasteiger partial charge on any atom is 0.332 e. The van der Waals surface area contributed by atoms with Crippen LogP contribution in [0.4, 0.5) is 0 Å². The number of fused-ring (bicyclic) bond motifs is 1. The van der Waals surface area contributed by atoms with E-state index in [4.69, 9.17) is 9.15 Å². The molecule has 0 amide bonds. The largest absolute Gasteiger partial charge is 0.467 e. The molecule has 0 aliphatic heterocycles. The minimum atomic E-state index is -0.834. The van der Waals surface area contributed by atoms with Gasteiger partial charge in [0.25, 0.3) is 5.56 Å². The zero-order valence-electron chi connectivity index (χ0n) is 13.4. The third-order valence-electron chi connectivity index (χ3n) is 3.76. The molecule has 0 bridgehead atoms. The summed E-state index contributed by atoms with van der Waals surface area (Å²) >= 11 is 0. The van der Waals surface area contributed by atoms with E-state index in [0.717, 1.165) is 4.57 Å². The van der Waals surface area contributed by atoms with Gasteiger partial charge in [0.05, 0.1) is 31.8 Å². The Kier molecular flexibility index (Phi) is 4.36. The summed E-state index contributed by atoms with van der Waals surface area (Å²) in [5.74, 6) is 0.666. The Balaban J connectivity index is 1.75. The lowest BCUT2D eigenvalue weighted by atomic mass is 10.3. The van der Waals surface area contributed by atoms with E-state index in [1.54, 1.807) is 25.4 Å². The highest BCUT2D eigenvalue weighted by Gasteiger charge is 2.16. The van der Waals surface area contributed by atoms with Crippen LogP contribution in [0.1, 0.15) is 5.76 Å². The molecule has 0 unspecified atom stereocenters. The van der Waals surface area contributed by atoms with Crippen LogP contribution in [0.5, 0.6) is 0 Å². The molecule has 24 heavy (non-hydrogen) atoms. The number of ether oxygens (including phenoxy) is 1. The van der Waals surface area contributed by atoms with Crippen molar-refractivity contribution in [2.45, 2.75) is 19.3 Å². The van der Waals surface area contributed by atoms with E-state index in [2.05, 4.69) is 4.98 Å². The molecular formula is C15H18N4O5. The number of nitrogens with zero attached hydrogens (tertiary/aromatic N) is 4. The lowest BCUT2D eigenvalue weighted by Gasteiger charge is -2.12. The van der Waals surface area contributed by atoms with Gasteiger partial charge in [-0.3, -0.25) is 13.9 Å². The van der Waals surface area contributed by atoms with Gasteiger partial charge < -0.3 is 18.8 Å². The fourth-order valence-electron chi connectivity index (χ4n) is 2.51. The Labute approximate surface area is 136 Å². The van der Waals surface area contributed by atoms with E-state index < -0.39 is 17.4 Å². The van der Waals surface area contributed by atoms with Crippen molar-refractivity contribution in [3.05, 3.63) is 51.3 Å². The molecule has 1 atom stereocenters. The van der Waals surface area contributed by atoms with E-state index in [1.807, 2.05) is 0 Å². The number of aliphatic hydroxyl groups is 1. The van der Waals surface area contributed by atoms with Crippen LogP contribution in [-0.2, 0) is 32.0 Å². The average Bonchev–Trinajstić information content (AvgIpc) is 3.21. The lowest BCUT2D eigenvalue weighted by Crippen LogP contribution is -2.38. The van der Waals surface area contributed by atoms with Crippen molar-refractivity contribution >= 4 is 11.2 Å². The number of hydrogen-bond donors (Lipinski definition) is 1. The summed E-state index contributed by atoms with van der Waals surface area (Å²) in [6.07, 6.45) is 2.15. The smallest absolute Gasteiger partial charge is 0.332 e. The monoisotopic (exact) mass is 334 g/mol. The molecule has 3 heterocycles. The molecule has 0 aliphatic rings. The van der Waals surface area contributed by atoms with Gasteiger partial charge in [-0.05, 0) is 12.1 Å². The minimum Gasteiger partial charge on any atom is -0.467 e. The first-order valence-corrected chi connectivity index (χ1v) is 7.38. The van der Waals surface area contributed by atoms with Crippen LogP contribution in [0.15, 0.2) is 38.7 Å². The van der Waals surface area contributed by atoms with Crippen molar-refractivity contribution in [2.75, 3.05) is 6.61 Å². The van der Waals surface area contributed by atoms with Crippen molar-refractivity contribution in [3.63, 3.8) is 0 Å². The molecule has 0 aromatic carbocycles. The van der Waals surface area contributed by atoms with Crippen LogP contribution in [0.2, 0.25) is 0 Å². The molecule has 0 saturated heterocycles. The van der Waals surface area contributed by atoms with Crippen LogP contribution < -0.4 is 11.2 Å². The number of aryl methyl sites for hydroxylation is 1. The highest BCUT2D eigenvalue weighted by atomic mass is 16.5. The number of aliphatic hydroxyl groups excluding tert-OH is 1. The Morgan fingerprint density at radius 1 is 1.33 bits per heavy atom. The quantitative estimate of drug-likeness (QED) is 0.658. The summed E-state index contributed by atoms with van der Waals surface area (Å²) < 4.78 is 14.4. The molecule has 3 rings (SSSR count). The molecule has 0 spiro atoms. The predicted molar refractivity (Wildman–Crippen MR) is 84.6 cm³/mol. The molecule has 9 heteroatoms. The van der Waals surface area contributed by atoms with Gasteiger partial charge in [0, 0.05) is 14.1 Å². The first-order chi connectivity index (χ1) is 11.5. The van der Waals surface area contributed by atoms with Gasteiger partial charge in [-0.15, -0.1) is 0 Å². The van der Waals surface area contributed by atoms with Gasteiger partial charge in [-0.25, -0.2) is 9.78 Å². The first-order valence-electron chi connectivity index (χ1n) is 7.38. The van der Waals surface area contributed by atoms with Gasteiger partial charge in [0.15, 0.2) is 11.2 Å². The molecule has 3 aromatic rings. The molecule has 0 saturated carbocycles. The van der Waals surface area contributed by atoms with Crippen molar-refractivity contribution in [1.82, 2.24) is 18.7 Å². The first kappa shape index (κ1) is 16.2. The fourth-order valence-corrected chi connectivity index (χ4v) is 2.51. The third-order valence-corrected chi connectivity index (χ3v) is 3.76. The highest BCUT2D eigenvalue weighted by Crippen LogP contribution is 2.07. The van der Waals surface area contributed by atoms with Gasteiger partial charge in [0.1, 0.15) is 12.4 Å². The van der Waals surface area contributed by atoms with Gasteiger partial charge in [-0.1, -0.05) is 0 Å². The summed E-state index contributed by atoms with van der Waals surface area (Å²) in [7, 11) is 2.95. The van der Waals surface area contributed by atoms with E-state index in [0.29, 0.717) is 5.76 Å². The zero-order chi connectivity index (χ0) is 17.3. The normalized spacial score (nSPS) is 12.8. The number of imidazole rings is 1. The van der Waals surface area contributed by atoms with E-state index in [-0.39, 0.29) is 30.9 Å². The second-order valence-electron chi connectivity index (χ2n) is 5.52. The lowest BCUT2D eigenvalue weighted by molar-refractivity contribution is 0.0151. The highest BCUT2D eigenvalue weighted by molar-refractivity contribution is 5.69. The molecule has 3 aromatic heterocycles. The van der Waals surface area contributed by atoms with Crippen molar-refractivity contribution in [1.29, 1.82) is 0 Å². The van der Waals surface area contributed by atoms with Crippen LogP contribution in [0, 0.1) is 0 Å². The summed E-state index contributed by atoms with van der Waals surface area (Å²) in [4.78, 5) is 28.3. The third kappa shape index (κ3) is 2.91. The summed E-state index contributed by atoms with van der Waals surface area (Å²) in [5, 5.41) is 10.1. The Morgan fingerprint density at radius 3 is 2.83 bits per heavy atom. The maximum atomic E-state index is 12.3. The van der Waals surface area contributed by atoms with Crippen LogP contribution in [-0.4, -0.2) is 36.5 Å². The SMILES string of the molecule is Cn1c(=O)c2c(ncn2C[C@H](O)COCc2ccco2)n(C)c1=O. The van der Waals surface area contributed by atoms with Gasteiger partial charge in [0.2, 0.25) is 0 Å². The Morgan fingerprint density at radius 2 is 2.12 bits per heavy atom. The number of furan rings is 1.